The van der Waals surface area contributed by atoms with Gasteiger partial charge in [-0.2, -0.15) is 0 Å². The zero-order valence-electron chi connectivity index (χ0n) is 12.5. The van der Waals surface area contributed by atoms with E-state index in [4.69, 9.17) is 4.74 Å². The van der Waals surface area contributed by atoms with Crippen molar-refractivity contribution in [2.75, 3.05) is 39.2 Å². The average Bonchev–Trinajstić information content (AvgIpc) is 2.78. The minimum absolute atomic E-state index is 0.0544. The number of carbonyl (C=O) groups is 3. The van der Waals surface area contributed by atoms with Crippen molar-refractivity contribution >= 4 is 34.1 Å². The largest absolute Gasteiger partial charge is 0.375 e. The van der Waals surface area contributed by atoms with Gasteiger partial charge < -0.3 is 19.9 Å². The molecule has 0 saturated heterocycles. The quantitative estimate of drug-likeness (QED) is 0.849. The molecular formula is C14H17N3O4S. The van der Waals surface area contributed by atoms with E-state index in [1.54, 1.807) is 11.9 Å². The van der Waals surface area contributed by atoms with Gasteiger partial charge in [-0.15, -0.1) is 11.3 Å². The Kier molecular flexibility index (Phi) is 3.88. The van der Waals surface area contributed by atoms with Crippen molar-refractivity contribution in [3.63, 3.8) is 0 Å². The van der Waals surface area contributed by atoms with Gasteiger partial charge in [-0.25, -0.2) is 0 Å². The first-order valence-electron chi connectivity index (χ1n) is 6.97. The summed E-state index contributed by atoms with van der Waals surface area (Å²) in [5.74, 6) is -0.396. The first-order valence-corrected chi connectivity index (χ1v) is 7.79. The third-order valence-corrected chi connectivity index (χ3v) is 5.00. The van der Waals surface area contributed by atoms with Gasteiger partial charge >= 0.3 is 0 Å². The lowest BCUT2D eigenvalue weighted by molar-refractivity contribution is -0.136. The summed E-state index contributed by atoms with van der Waals surface area (Å²) in [7, 11) is 3.11. The van der Waals surface area contributed by atoms with Crippen LogP contribution in [-0.4, -0.2) is 61.4 Å². The lowest BCUT2D eigenvalue weighted by atomic mass is 10.0. The van der Waals surface area contributed by atoms with Crippen LogP contribution in [0.15, 0.2) is 0 Å². The number of amides is 3. The van der Waals surface area contributed by atoms with Gasteiger partial charge in [0.25, 0.3) is 5.91 Å². The predicted molar refractivity (Wildman–Crippen MR) is 80.9 cm³/mol. The Labute approximate surface area is 131 Å². The Bertz CT molecular complexity index is 655. The van der Waals surface area contributed by atoms with Gasteiger partial charge in [-0.1, -0.05) is 0 Å². The molecule has 0 fully saturated rings. The number of fused-ring (bicyclic) bond motifs is 3. The Hall–Kier alpha value is -1.93. The number of nitrogens with one attached hydrogen (secondary N) is 1. The number of methoxy groups -OCH3 is 1. The summed E-state index contributed by atoms with van der Waals surface area (Å²) in [6.07, 6.45) is 0.617. The molecule has 1 aromatic heterocycles. The van der Waals surface area contributed by atoms with E-state index < -0.39 is 0 Å². The first-order chi connectivity index (χ1) is 10.5. The topological polar surface area (TPSA) is 79.0 Å². The summed E-state index contributed by atoms with van der Waals surface area (Å²) in [5.41, 5.74) is 1.55. The molecule has 1 aromatic rings. The van der Waals surface area contributed by atoms with Crippen LogP contribution >= 0.6 is 11.3 Å². The second-order valence-electron chi connectivity index (χ2n) is 5.42. The van der Waals surface area contributed by atoms with Crippen LogP contribution in [0.3, 0.4) is 0 Å². The lowest BCUT2D eigenvalue weighted by Gasteiger charge is -2.27. The molecule has 0 bridgehead atoms. The Morgan fingerprint density at radius 1 is 1.36 bits per heavy atom. The SMILES string of the molecule is COCC(=O)N1CCc2c(sc3c2C(=O)N(C)CC(=O)N3)C1. The lowest BCUT2D eigenvalue weighted by Crippen LogP contribution is -2.38. The van der Waals surface area contributed by atoms with Crippen LogP contribution < -0.4 is 5.32 Å². The normalized spacial score (nSPS) is 17.7. The number of thiophene rings is 1. The molecule has 0 aromatic carbocycles. The van der Waals surface area contributed by atoms with Crippen LogP contribution in [0.2, 0.25) is 0 Å². The van der Waals surface area contributed by atoms with Crippen molar-refractivity contribution in [2.24, 2.45) is 0 Å². The maximum Gasteiger partial charge on any atom is 0.257 e. The predicted octanol–water partition coefficient (Wildman–Crippen LogP) is 0.303. The molecule has 0 spiro atoms. The zero-order valence-corrected chi connectivity index (χ0v) is 13.3. The highest BCUT2D eigenvalue weighted by atomic mass is 32.1. The number of nitrogens with zero attached hydrogens (tertiary/aromatic N) is 2. The van der Waals surface area contributed by atoms with Crippen LogP contribution in [0, 0.1) is 0 Å². The maximum atomic E-state index is 12.5. The summed E-state index contributed by atoms with van der Waals surface area (Å²) in [4.78, 5) is 40.3. The molecule has 7 nitrogen and oxygen atoms in total. The molecule has 3 heterocycles. The third kappa shape index (κ3) is 2.48. The molecule has 2 aliphatic heterocycles. The molecule has 22 heavy (non-hydrogen) atoms. The standard InChI is InChI=1S/C14H17N3O4S/c1-16-6-10(18)15-13-12(14(16)20)8-3-4-17(5-9(8)22-13)11(19)7-21-2/h3-7H2,1-2H3,(H,15,18). The molecule has 2 aliphatic rings. The second-order valence-corrected chi connectivity index (χ2v) is 6.52. The fourth-order valence-corrected chi connectivity index (χ4v) is 4.06. The number of hydrogen-bond donors (Lipinski definition) is 1. The van der Waals surface area contributed by atoms with Crippen LogP contribution in [-0.2, 0) is 27.3 Å². The molecule has 3 rings (SSSR count). The monoisotopic (exact) mass is 323 g/mol. The van der Waals surface area contributed by atoms with Crippen molar-refractivity contribution in [1.29, 1.82) is 0 Å². The molecule has 118 valence electrons. The molecule has 0 aliphatic carbocycles. The van der Waals surface area contributed by atoms with E-state index >= 15 is 0 Å². The van der Waals surface area contributed by atoms with Crippen molar-refractivity contribution < 1.29 is 19.1 Å². The molecule has 8 heteroatoms. The van der Waals surface area contributed by atoms with E-state index in [0.29, 0.717) is 30.1 Å². The number of ether oxygens (including phenoxy) is 1. The van der Waals surface area contributed by atoms with E-state index in [9.17, 15) is 14.4 Å². The van der Waals surface area contributed by atoms with Crippen LogP contribution in [0.1, 0.15) is 20.8 Å². The van der Waals surface area contributed by atoms with Gasteiger partial charge in [0.15, 0.2) is 0 Å². The van der Waals surface area contributed by atoms with Gasteiger partial charge in [-0.3, -0.25) is 14.4 Å². The van der Waals surface area contributed by atoms with Crippen molar-refractivity contribution in [1.82, 2.24) is 9.80 Å². The summed E-state index contributed by atoms with van der Waals surface area (Å²) in [6, 6.07) is 0. The number of likely N-dealkylation sites (N-methyl/N-ethyl adjacent to an activating group) is 1. The fraction of sp³-hybridized carbons (Fsp3) is 0.500. The van der Waals surface area contributed by atoms with E-state index in [-0.39, 0.29) is 30.9 Å². The molecular weight excluding hydrogens is 306 g/mol. The second kappa shape index (κ2) is 5.69. The smallest absolute Gasteiger partial charge is 0.257 e. The molecule has 0 radical (unpaired) electrons. The molecule has 0 atom stereocenters. The number of rotatable bonds is 2. The van der Waals surface area contributed by atoms with E-state index in [0.717, 1.165) is 10.4 Å². The summed E-state index contributed by atoms with van der Waals surface area (Å²) in [6.45, 7) is 1.14. The Morgan fingerprint density at radius 2 is 2.14 bits per heavy atom. The highest BCUT2D eigenvalue weighted by Crippen LogP contribution is 2.38. The third-order valence-electron chi connectivity index (χ3n) is 3.87. The number of hydrogen-bond acceptors (Lipinski definition) is 5. The number of anilines is 1. The van der Waals surface area contributed by atoms with E-state index in [2.05, 4.69) is 5.32 Å². The Morgan fingerprint density at radius 3 is 2.86 bits per heavy atom. The van der Waals surface area contributed by atoms with Crippen LogP contribution in [0.5, 0.6) is 0 Å². The van der Waals surface area contributed by atoms with Gasteiger partial charge in [0, 0.05) is 25.6 Å². The molecule has 0 saturated carbocycles. The van der Waals surface area contributed by atoms with Crippen molar-refractivity contribution in [3.05, 3.63) is 16.0 Å². The van der Waals surface area contributed by atoms with Crippen LogP contribution in [0.25, 0.3) is 0 Å². The maximum absolute atomic E-state index is 12.5. The zero-order chi connectivity index (χ0) is 15.9. The molecule has 1 N–H and O–H groups in total. The first kappa shape index (κ1) is 15.0. The summed E-state index contributed by atoms with van der Waals surface area (Å²) >= 11 is 1.39. The van der Waals surface area contributed by atoms with Gasteiger partial charge in [-0.05, 0) is 12.0 Å². The van der Waals surface area contributed by atoms with E-state index in [1.807, 2.05) is 0 Å². The van der Waals surface area contributed by atoms with Gasteiger partial charge in [0.1, 0.15) is 11.6 Å². The highest BCUT2D eigenvalue weighted by molar-refractivity contribution is 7.17. The van der Waals surface area contributed by atoms with Gasteiger partial charge in [0.2, 0.25) is 11.8 Å². The molecule has 3 amide bonds. The average molecular weight is 323 g/mol. The molecule has 0 unspecified atom stereocenters. The van der Waals surface area contributed by atoms with E-state index in [1.165, 1.54) is 23.3 Å². The van der Waals surface area contributed by atoms with Crippen molar-refractivity contribution in [2.45, 2.75) is 13.0 Å². The minimum atomic E-state index is -0.194. The Balaban J connectivity index is 1.93. The van der Waals surface area contributed by atoms with Crippen LogP contribution in [0.4, 0.5) is 5.00 Å². The summed E-state index contributed by atoms with van der Waals surface area (Å²) in [5, 5.41) is 3.40. The van der Waals surface area contributed by atoms with Crippen molar-refractivity contribution in [3.8, 4) is 0 Å². The number of carbonyl (C=O) groups excluding carboxylic acids is 3. The minimum Gasteiger partial charge on any atom is -0.375 e. The van der Waals surface area contributed by atoms with Gasteiger partial charge in [0.05, 0.1) is 18.7 Å². The highest BCUT2D eigenvalue weighted by Gasteiger charge is 2.33. The summed E-state index contributed by atoms with van der Waals surface area (Å²) < 4.78 is 4.88. The fourth-order valence-electron chi connectivity index (χ4n) is 2.79.